The van der Waals surface area contributed by atoms with Crippen LogP contribution in [-0.2, 0) is 14.8 Å². The first-order valence-electron chi connectivity index (χ1n) is 8.32. The van der Waals surface area contributed by atoms with Crippen LogP contribution in [0.1, 0.15) is 31.5 Å². The smallest absolute Gasteiger partial charge is 0.283 e. The van der Waals surface area contributed by atoms with Gasteiger partial charge in [0.2, 0.25) is 10.0 Å². The molecule has 150 valence electrons. The first kappa shape index (κ1) is 20.1. The molecule has 3 rings (SSSR count). The predicted molar refractivity (Wildman–Crippen MR) is 94.6 cm³/mol. The zero-order valence-electron chi connectivity index (χ0n) is 15.1. The maximum atomic E-state index is 13.5. The van der Waals surface area contributed by atoms with Crippen molar-refractivity contribution >= 4 is 15.8 Å². The van der Waals surface area contributed by atoms with Crippen LogP contribution in [0.4, 0.5) is 14.6 Å². The van der Waals surface area contributed by atoms with E-state index in [2.05, 4.69) is 10.1 Å². The maximum absolute atomic E-state index is 13.5. The Hall–Kier alpha value is -2.62. The topological polar surface area (TPSA) is 127 Å². The average molecular weight is 412 g/mol. The summed E-state index contributed by atoms with van der Waals surface area (Å²) in [4.78, 5) is 5.50. The quantitative estimate of drug-likeness (QED) is 0.803. The van der Waals surface area contributed by atoms with E-state index >= 15 is 0 Å². The largest absolute Gasteiger partial charge is 0.372 e. The number of nitriles is 1. The van der Waals surface area contributed by atoms with Crippen molar-refractivity contribution in [2.45, 2.75) is 37.4 Å². The number of nitrogens with two attached hydrogens (primary N) is 1. The van der Waals surface area contributed by atoms with E-state index in [1.165, 1.54) is 12.1 Å². The highest BCUT2D eigenvalue weighted by atomic mass is 32.2. The van der Waals surface area contributed by atoms with Gasteiger partial charge in [0.25, 0.3) is 6.43 Å². The molecule has 9 nitrogen and oxygen atoms in total. The van der Waals surface area contributed by atoms with Crippen LogP contribution in [0.25, 0.3) is 5.82 Å². The van der Waals surface area contributed by atoms with Gasteiger partial charge in [-0.3, -0.25) is 0 Å². The van der Waals surface area contributed by atoms with Gasteiger partial charge in [0.15, 0.2) is 11.6 Å². The van der Waals surface area contributed by atoms with Crippen molar-refractivity contribution in [2.75, 3.05) is 18.0 Å². The van der Waals surface area contributed by atoms with E-state index < -0.39 is 22.1 Å². The van der Waals surface area contributed by atoms with Gasteiger partial charge < -0.3 is 9.64 Å². The molecule has 0 radical (unpaired) electrons. The number of halogens is 2. The summed E-state index contributed by atoms with van der Waals surface area (Å²) in [5.74, 6) is 0.244. The molecule has 0 unspecified atom stereocenters. The summed E-state index contributed by atoms with van der Waals surface area (Å²) in [6, 6.07) is 4.30. The van der Waals surface area contributed by atoms with E-state index in [1.54, 1.807) is 4.90 Å². The maximum Gasteiger partial charge on any atom is 0.283 e. The van der Waals surface area contributed by atoms with Gasteiger partial charge in [-0.05, 0) is 26.0 Å². The molecule has 0 aromatic carbocycles. The number of primary sulfonamides is 1. The van der Waals surface area contributed by atoms with Crippen molar-refractivity contribution in [3.05, 3.63) is 29.6 Å². The summed E-state index contributed by atoms with van der Waals surface area (Å²) >= 11 is 0. The molecule has 0 amide bonds. The third-order valence-corrected chi connectivity index (χ3v) is 5.09. The summed E-state index contributed by atoms with van der Waals surface area (Å²) in [6.07, 6.45) is -2.33. The Morgan fingerprint density at radius 1 is 1.32 bits per heavy atom. The zero-order chi connectivity index (χ0) is 20.6. The van der Waals surface area contributed by atoms with Gasteiger partial charge in [0.1, 0.15) is 22.2 Å². The molecule has 1 saturated heterocycles. The van der Waals surface area contributed by atoms with E-state index in [4.69, 9.17) is 9.88 Å². The number of rotatable bonds is 4. The van der Waals surface area contributed by atoms with Gasteiger partial charge in [-0.2, -0.15) is 15.0 Å². The predicted octanol–water partition coefficient (Wildman–Crippen LogP) is 1.34. The Bertz CT molecular complexity index is 1010. The molecule has 2 aromatic heterocycles. The summed E-state index contributed by atoms with van der Waals surface area (Å²) in [5.41, 5.74) is -0.921. The van der Waals surface area contributed by atoms with Crippen molar-refractivity contribution in [2.24, 2.45) is 5.14 Å². The van der Waals surface area contributed by atoms with Gasteiger partial charge >= 0.3 is 0 Å². The van der Waals surface area contributed by atoms with Crippen LogP contribution in [-0.4, -0.2) is 48.5 Å². The number of pyridine rings is 1. The van der Waals surface area contributed by atoms with Crippen molar-refractivity contribution in [1.29, 1.82) is 5.26 Å². The third kappa shape index (κ3) is 3.82. The lowest BCUT2D eigenvalue weighted by atomic mass is 10.2. The Morgan fingerprint density at radius 2 is 1.96 bits per heavy atom. The van der Waals surface area contributed by atoms with Gasteiger partial charge in [-0.15, -0.1) is 0 Å². The second-order valence-corrected chi connectivity index (χ2v) is 8.03. The summed E-state index contributed by atoms with van der Waals surface area (Å²) < 4.78 is 56.6. The summed E-state index contributed by atoms with van der Waals surface area (Å²) in [7, 11) is -3.96. The molecule has 2 atom stereocenters. The molecule has 0 aliphatic carbocycles. The standard InChI is InChI=1S/C16H18F2N6O3S/c1-9-7-23(8-10(2)27-9)16-12(5-19)14(15(17)18)22-24(16)13-4-3-11(6-21-13)28(20,25)26/h3-4,6,9-10,15H,7-8H2,1-2H3,(H2,20,25,26)/t9-,10+. The SMILES string of the molecule is C[C@@H]1CN(c2c(C#N)c(C(F)F)nn2-c2ccc(S(N)(=O)=O)cn2)C[C@H](C)O1. The number of nitrogens with zero attached hydrogens (tertiary/aromatic N) is 5. The molecule has 0 saturated carbocycles. The lowest BCUT2D eigenvalue weighted by Gasteiger charge is -2.36. The minimum atomic E-state index is -3.96. The van der Waals surface area contributed by atoms with Gasteiger partial charge in [-0.25, -0.2) is 27.3 Å². The second-order valence-electron chi connectivity index (χ2n) is 6.47. The number of sulfonamides is 1. The van der Waals surface area contributed by atoms with Crippen molar-refractivity contribution in [3.63, 3.8) is 0 Å². The van der Waals surface area contributed by atoms with Gasteiger partial charge in [0, 0.05) is 19.3 Å². The molecule has 2 N–H and O–H groups in total. The molecule has 0 bridgehead atoms. The molecule has 1 aliphatic heterocycles. The number of hydrogen-bond acceptors (Lipinski definition) is 7. The van der Waals surface area contributed by atoms with Crippen molar-refractivity contribution < 1.29 is 21.9 Å². The average Bonchev–Trinajstić information content (AvgIpc) is 3.00. The van der Waals surface area contributed by atoms with E-state index in [9.17, 15) is 22.5 Å². The Kier molecular flexibility index (Phi) is 5.33. The van der Waals surface area contributed by atoms with Crippen LogP contribution in [0.15, 0.2) is 23.2 Å². The number of morpholine rings is 1. The molecular formula is C16H18F2N6O3S. The first-order chi connectivity index (χ1) is 13.1. The lowest BCUT2D eigenvalue weighted by molar-refractivity contribution is -0.00560. The Balaban J connectivity index is 2.16. The summed E-state index contributed by atoms with van der Waals surface area (Å²) in [6.45, 7) is 4.40. The van der Waals surface area contributed by atoms with E-state index in [1.807, 2.05) is 19.9 Å². The van der Waals surface area contributed by atoms with E-state index in [0.717, 1.165) is 10.9 Å². The number of aromatic nitrogens is 3. The molecule has 1 aliphatic rings. The molecule has 28 heavy (non-hydrogen) atoms. The fourth-order valence-electron chi connectivity index (χ4n) is 3.15. The molecule has 2 aromatic rings. The highest BCUT2D eigenvalue weighted by Crippen LogP contribution is 2.33. The van der Waals surface area contributed by atoms with Crippen molar-refractivity contribution in [1.82, 2.24) is 14.8 Å². The summed E-state index contributed by atoms with van der Waals surface area (Å²) in [5, 5.41) is 18.5. The first-order valence-corrected chi connectivity index (χ1v) is 9.87. The second kappa shape index (κ2) is 7.42. The molecule has 12 heteroatoms. The molecule has 0 spiro atoms. The Morgan fingerprint density at radius 3 is 2.43 bits per heavy atom. The molecule has 3 heterocycles. The molecule has 1 fully saturated rings. The highest BCUT2D eigenvalue weighted by Gasteiger charge is 2.32. The minimum absolute atomic E-state index is 0.0811. The number of alkyl halides is 2. The van der Waals surface area contributed by atoms with Crippen molar-refractivity contribution in [3.8, 4) is 11.9 Å². The fourth-order valence-corrected chi connectivity index (χ4v) is 3.61. The van der Waals surface area contributed by atoms with Gasteiger partial charge in [-0.1, -0.05) is 0 Å². The number of ether oxygens (including phenoxy) is 1. The fraction of sp³-hybridized carbons (Fsp3) is 0.438. The number of anilines is 1. The van der Waals surface area contributed by atoms with Crippen LogP contribution >= 0.6 is 0 Å². The Labute approximate surface area is 160 Å². The normalized spacial score (nSPS) is 20.4. The minimum Gasteiger partial charge on any atom is -0.372 e. The monoisotopic (exact) mass is 412 g/mol. The number of hydrogen-bond donors (Lipinski definition) is 1. The van der Waals surface area contributed by atoms with Crippen LogP contribution in [0.2, 0.25) is 0 Å². The zero-order valence-corrected chi connectivity index (χ0v) is 15.9. The lowest BCUT2D eigenvalue weighted by Crippen LogP contribution is -2.46. The highest BCUT2D eigenvalue weighted by molar-refractivity contribution is 7.89. The van der Waals surface area contributed by atoms with Crippen LogP contribution < -0.4 is 10.0 Å². The van der Waals surface area contributed by atoms with Crippen LogP contribution in [0.5, 0.6) is 0 Å². The van der Waals surface area contributed by atoms with E-state index in [-0.39, 0.29) is 34.3 Å². The molecular weight excluding hydrogens is 394 g/mol. The van der Waals surface area contributed by atoms with Crippen LogP contribution in [0, 0.1) is 11.3 Å². The van der Waals surface area contributed by atoms with Crippen LogP contribution in [0.3, 0.4) is 0 Å². The van der Waals surface area contributed by atoms with Gasteiger partial charge in [0.05, 0.1) is 12.2 Å². The van der Waals surface area contributed by atoms with E-state index in [0.29, 0.717) is 13.1 Å². The third-order valence-electron chi connectivity index (χ3n) is 4.19.